The fraction of sp³-hybridized carbons (Fsp3) is 0.167. The number of nitrogens with zero attached hydrogens (tertiary/aromatic N) is 2. The quantitative estimate of drug-likeness (QED) is 0.713. The Labute approximate surface area is 152 Å². The molecule has 0 aliphatic heterocycles. The molecule has 0 saturated heterocycles. The molecule has 0 saturated carbocycles. The first-order valence-electron chi connectivity index (χ1n) is 7.71. The second-order valence-corrected chi connectivity index (χ2v) is 6.08. The van der Waals surface area contributed by atoms with Gasteiger partial charge in [0, 0.05) is 30.2 Å². The maximum absolute atomic E-state index is 14.1. The van der Waals surface area contributed by atoms with Crippen molar-refractivity contribution < 1.29 is 19.4 Å². The molecule has 6 nitrogen and oxygen atoms in total. The van der Waals surface area contributed by atoms with Gasteiger partial charge in [-0.05, 0) is 17.7 Å². The number of rotatable bonds is 5. The van der Waals surface area contributed by atoms with Crippen LogP contribution in [-0.4, -0.2) is 32.3 Å². The lowest BCUT2D eigenvalue weighted by atomic mass is 10.1. The molecule has 0 spiro atoms. The molecule has 2 N–H and O–H groups in total. The van der Waals surface area contributed by atoms with Crippen LogP contribution in [-0.2, 0) is 13.0 Å². The molecular weight excluding hydrogens is 363 g/mol. The third kappa shape index (κ3) is 3.31. The topological polar surface area (TPSA) is 92.4 Å². The van der Waals surface area contributed by atoms with E-state index in [0.29, 0.717) is 16.8 Å². The van der Waals surface area contributed by atoms with Crippen molar-refractivity contribution in [2.75, 3.05) is 6.61 Å². The second kappa shape index (κ2) is 7.23. The number of aliphatic hydroxyl groups excluding tert-OH is 1. The van der Waals surface area contributed by atoms with Crippen LogP contribution in [0.2, 0.25) is 5.02 Å². The van der Waals surface area contributed by atoms with Crippen molar-refractivity contribution in [3.05, 3.63) is 74.5 Å². The maximum atomic E-state index is 14.1. The molecule has 0 aliphatic rings. The summed E-state index contributed by atoms with van der Waals surface area (Å²) >= 11 is 5.77. The third-order valence-electron chi connectivity index (χ3n) is 4.00. The molecule has 0 radical (unpaired) electrons. The molecule has 0 bridgehead atoms. The molecule has 0 aliphatic carbocycles. The number of aromatic nitrogens is 2. The van der Waals surface area contributed by atoms with Crippen molar-refractivity contribution in [1.29, 1.82) is 0 Å². The Morgan fingerprint density at radius 1 is 1.35 bits per heavy atom. The van der Waals surface area contributed by atoms with Crippen LogP contribution >= 0.6 is 11.6 Å². The molecule has 3 aromatic rings. The highest BCUT2D eigenvalue weighted by molar-refractivity contribution is 6.30. The number of fused-ring (bicyclic) bond motifs is 1. The summed E-state index contributed by atoms with van der Waals surface area (Å²) in [6.07, 6.45) is 2.69. The van der Waals surface area contributed by atoms with Crippen LogP contribution in [0.1, 0.15) is 21.6 Å². The van der Waals surface area contributed by atoms with Gasteiger partial charge in [-0.3, -0.25) is 9.78 Å². The Hall–Kier alpha value is -2.77. The SMILES string of the molecule is O=C(O)c1cn(CCO)c2cnc(Cc3cccc(Cl)c3F)cc2c1=O. The van der Waals surface area contributed by atoms with E-state index < -0.39 is 22.8 Å². The molecule has 0 amide bonds. The second-order valence-electron chi connectivity index (χ2n) is 5.68. The van der Waals surface area contributed by atoms with E-state index in [2.05, 4.69) is 4.98 Å². The van der Waals surface area contributed by atoms with Crippen molar-refractivity contribution >= 4 is 28.5 Å². The number of hydrogen-bond donors (Lipinski definition) is 2. The summed E-state index contributed by atoms with van der Waals surface area (Å²) < 4.78 is 15.5. The van der Waals surface area contributed by atoms with E-state index >= 15 is 0 Å². The van der Waals surface area contributed by atoms with Crippen LogP contribution < -0.4 is 5.43 Å². The van der Waals surface area contributed by atoms with E-state index in [-0.39, 0.29) is 30.0 Å². The van der Waals surface area contributed by atoms with Gasteiger partial charge in [-0.2, -0.15) is 0 Å². The summed E-state index contributed by atoms with van der Waals surface area (Å²) in [5.74, 6) is -1.92. The van der Waals surface area contributed by atoms with Crippen LogP contribution in [0, 0.1) is 5.82 Å². The van der Waals surface area contributed by atoms with Crippen molar-refractivity contribution in [3.8, 4) is 0 Å². The van der Waals surface area contributed by atoms with Gasteiger partial charge in [0.05, 0.1) is 23.3 Å². The highest BCUT2D eigenvalue weighted by atomic mass is 35.5. The molecule has 26 heavy (non-hydrogen) atoms. The molecule has 1 aromatic carbocycles. The number of carboxylic acid groups (broad SMARTS) is 1. The molecule has 0 atom stereocenters. The maximum Gasteiger partial charge on any atom is 0.341 e. The van der Waals surface area contributed by atoms with Gasteiger partial charge in [-0.1, -0.05) is 23.7 Å². The molecule has 2 aromatic heterocycles. The standard InChI is InChI=1S/C18H14ClFN2O4/c19-14-3-1-2-10(16(14)20)6-11-7-12-15(8-21-11)22(4-5-23)9-13(17(12)24)18(25)26/h1-3,7-9,23H,4-6H2,(H,25,26). The molecule has 8 heteroatoms. The Bertz CT molecular complexity index is 1060. The smallest absolute Gasteiger partial charge is 0.341 e. The summed E-state index contributed by atoms with van der Waals surface area (Å²) in [4.78, 5) is 28.0. The number of benzene rings is 1. The minimum Gasteiger partial charge on any atom is -0.477 e. The van der Waals surface area contributed by atoms with E-state index in [9.17, 15) is 19.1 Å². The average Bonchev–Trinajstić information content (AvgIpc) is 2.61. The third-order valence-corrected chi connectivity index (χ3v) is 4.29. The van der Waals surface area contributed by atoms with Crippen LogP contribution in [0.15, 0.2) is 41.5 Å². The lowest BCUT2D eigenvalue weighted by Gasteiger charge is -2.12. The average molecular weight is 377 g/mol. The number of pyridine rings is 2. The predicted molar refractivity (Wildman–Crippen MR) is 94.3 cm³/mol. The van der Waals surface area contributed by atoms with Crippen molar-refractivity contribution in [2.45, 2.75) is 13.0 Å². The van der Waals surface area contributed by atoms with Gasteiger partial charge in [0.25, 0.3) is 0 Å². The Morgan fingerprint density at radius 3 is 2.81 bits per heavy atom. The normalized spacial score (nSPS) is 11.0. The molecular formula is C18H14ClFN2O4. The minimum atomic E-state index is -1.36. The van der Waals surface area contributed by atoms with Crippen LogP contribution in [0.3, 0.4) is 0 Å². The van der Waals surface area contributed by atoms with E-state index in [1.54, 1.807) is 12.1 Å². The largest absolute Gasteiger partial charge is 0.477 e. The van der Waals surface area contributed by atoms with Gasteiger partial charge in [-0.15, -0.1) is 0 Å². The van der Waals surface area contributed by atoms with E-state index in [1.165, 1.54) is 29.1 Å². The van der Waals surface area contributed by atoms with Gasteiger partial charge >= 0.3 is 5.97 Å². The van der Waals surface area contributed by atoms with Gasteiger partial charge < -0.3 is 14.8 Å². The molecule has 134 valence electrons. The van der Waals surface area contributed by atoms with Crippen molar-refractivity contribution in [1.82, 2.24) is 9.55 Å². The molecule has 3 rings (SSSR count). The van der Waals surface area contributed by atoms with Gasteiger partial charge in [-0.25, -0.2) is 9.18 Å². The van der Waals surface area contributed by atoms with E-state index in [1.807, 2.05) is 0 Å². The number of carboxylic acids is 1. The number of carbonyl (C=O) groups is 1. The fourth-order valence-corrected chi connectivity index (χ4v) is 2.95. The number of halogens is 2. The summed E-state index contributed by atoms with van der Waals surface area (Å²) in [6, 6.07) is 6.04. The van der Waals surface area contributed by atoms with Gasteiger partial charge in [0.15, 0.2) is 0 Å². The van der Waals surface area contributed by atoms with E-state index in [0.717, 1.165) is 0 Å². The molecule has 0 fully saturated rings. The summed E-state index contributed by atoms with van der Waals surface area (Å²) in [5.41, 5.74) is 0.0431. The minimum absolute atomic E-state index is 0.0123. The van der Waals surface area contributed by atoms with Crippen LogP contribution in [0.4, 0.5) is 4.39 Å². The predicted octanol–water partition coefficient (Wildman–Crippen LogP) is 2.47. The van der Waals surface area contributed by atoms with Crippen LogP contribution in [0.25, 0.3) is 10.9 Å². The number of aromatic carboxylic acids is 1. The molecule has 2 heterocycles. The van der Waals surface area contributed by atoms with Gasteiger partial charge in [0.2, 0.25) is 5.43 Å². The monoisotopic (exact) mass is 376 g/mol. The summed E-state index contributed by atoms with van der Waals surface area (Å²) in [7, 11) is 0. The zero-order chi connectivity index (χ0) is 18.8. The lowest BCUT2D eigenvalue weighted by molar-refractivity contribution is 0.0694. The highest BCUT2D eigenvalue weighted by Gasteiger charge is 2.16. The zero-order valence-corrected chi connectivity index (χ0v) is 14.2. The molecule has 0 unspecified atom stereocenters. The van der Waals surface area contributed by atoms with Gasteiger partial charge in [0.1, 0.15) is 11.4 Å². The number of hydrogen-bond acceptors (Lipinski definition) is 4. The Balaban J connectivity index is 2.15. The first-order valence-corrected chi connectivity index (χ1v) is 8.09. The lowest BCUT2D eigenvalue weighted by Crippen LogP contribution is -2.20. The first-order chi connectivity index (χ1) is 12.4. The Kier molecular flexibility index (Phi) is 5.01. The first kappa shape index (κ1) is 18.0. The fourth-order valence-electron chi connectivity index (χ4n) is 2.75. The Morgan fingerprint density at radius 2 is 2.12 bits per heavy atom. The zero-order valence-electron chi connectivity index (χ0n) is 13.4. The van der Waals surface area contributed by atoms with Crippen molar-refractivity contribution in [2.24, 2.45) is 0 Å². The summed E-state index contributed by atoms with van der Waals surface area (Å²) in [5, 5.41) is 18.5. The van der Waals surface area contributed by atoms with Crippen molar-refractivity contribution in [3.63, 3.8) is 0 Å². The van der Waals surface area contributed by atoms with E-state index in [4.69, 9.17) is 16.7 Å². The highest BCUT2D eigenvalue weighted by Crippen LogP contribution is 2.21. The van der Waals surface area contributed by atoms with Crippen LogP contribution in [0.5, 0.6) is 0 Å². The number of aliphatic hydroxyl groups is 1. The summed E-state index contributed by atoms with van der Waals surface area (Å²) in [6.45, 7) is -0.118.